The first-order chi connectivity index (χ1) is 7.99. The van der Waals surface area contributed by atoms with Crippen LogP contribution < -0.4 is 10.6 Å². The first-order valence-electron chi connectivity index (χ1n) is 5.93. The summed E-state index contributed by atoms with van der Waals surface area (Å²) in [6, 6.07) is -0.188. The third-order valence-corrected chi connectivity index (χ3v) is 2.76. The van der Waals surface area contributed by atoms with Crippen molar-refractivity contribution in [3.05, 3.63) is 12.2 Å². The number of rotatable bonds is 0. The van der Waals surface area contributed by atoms with Crippen molar-refractivity contribution in [2.24, 2.45) is 5.92 Å². The van der Waals surface area contributed by atoms with Gasteiger partial charge in [-0.05, 0) is 19.8 Å². The summed E-state index contributed by atoms with van der Waals surface area (Å²) < 4.78 is 0. The van der Waals surface area contributed by atoms with Crippen molar-refractivity contribution in [1.82, 2.24) is 10.6 Å². The van der Waals surface area contributed by atoms with E-state index in [0.717, 1.165) is 0 Å². The van der Waals surface area contributed by atoms with E-state index >= 15 is 0 Å². The first kappa shape index (κ1) is 13.7. The van der Waals surface area contributed by atoms with Gasteiger partial charge in [-0.25, -0.2) is 0 Å². The molecular formula is C12H20N2O3. The van der Waals surface area contributed by atoms with Crippen LogP contribution in [-0.4, -0.2) is 35.6 Å². The predicted octanol–water partition coefficient (Wildman–Crippen LogP) is -0.0457. The molecular weight excluding hydrogens is 220 g/mol. The molecule has 1 aliphatic heterocycles. The van der Waals surface area contributed by atoms with Crippen LogP contribution >= 0.6 is 0 Å². The van der Waals surface area contributed by atoms with Gasteiger partial charge < -0.3 is 15.7 Å². The third kappa shape index (κ3) is 4.99. The van der Waals surface area contributed by atoms with Crippen molar-refractivity contribution >= 4 is 11.8 Å². The summed E-state index contributed by atoms with van der Waals surface area (Å²) in [5.74, 6) is -0.523. The van der Waals surface area contributed by atoms with E-state index in [1.165, 1.54) is 6.08 Å². The topological polar surface area (TPSA) is 78.4 Å². The van der Waals surface area contributed by atoms with E-state index in [9.17, 15) is 14.7 Å². The van der Waals surface area contributed by atoms with Crippen LogP contribution in [-0.2, 0) is 9.59 Å². The molecule has 0 spiro atoms. The minimum absolute atomic E-state index is 0.0952. The van der Waals surface area contributed by atoms with Gasteiger partial charge in [0.2, 0.25) is 11.8 Å². The number of hydrogen-bond acceptors (Lipinski definition) is 3. The Morgan fingerprint density at radius 2 is 2.06 bits per heavy atom. The van der Waals surface area contributed by atoms with Crippen molar-refractivity contribution < 1.29 is 14.7 Å². The molecule has 0 unspecified atom stereocenters. The first-order valence-corrected chi connectivity index (χ1v) is 5.93. The number of aliphatic hydroxyl groups is 1. The Morgan fingerprint density at radius 1 is 1.35 bits per heavy atom. The molecule has 0 saturated carbocycles. The second kappa shape index (κ2) is 6.39. The van der Waals surface area contributed by atoms with Gasteiger partial charge >= 0.3 is 0 Å². The Balaban J connectivity index is 2.69. The van der Waals surface area contributed by atoms with E-state index in [1.807, 2.05) is 0 Å². The Hall–Kier alpha value is -1.36. The summed E-state index contributed by atoms with van der Waals surface area (Å²) in [5, 5.41) is 15.1. The molecule has 0 aliphatic carbocycles. The van der Waals surface area contributed by atoms with E-state index in [2.05, 4.69) is 10.6 Å². The van der Waals surface area contributed by atoms with Crippen LogP contribution in [0.3, 0.4) is 0 Å². The predicted molar refractivity (Wildman–Crippen MR) is 64.2 cm³/mol. The lowest BCUT2D eigenvalue weighted by Gasteiger charge is -2.19. The SMILES string of the molecule is C[C@H]1/C=C/C(=O)NCC[C@H](O)C[C@H](C)C(=O)N1. The largest absolute Gasteiger partial charge is 0.393 e. The molecule has 96 valence electrons. The molecule has 0 aromatic rings. The smallest absolute Gasteiger partial charge is 0.243 e. The van der Waals surface area contributed by atoms with Gasteiger partial charge in [-0.3, -0.25) is 9.59 Å². The molecule has 5 heteroatoms. The quantitative estimate of drug-likeness (QED) is 0.555. The van der Waals surface area contributed by atoms with Crippen molar-refractivity contribution in [2.75, 3.05) is 6.54 Å². The number of amides is 2. The van der Waals surface area contributed by atoms with Gasteiger partial charge in [0.25, 0.3) is 0 Å². The average molecular weight is 240 g/mol. The molecule has 0 aromatic heterocycles. The molecule has 1 aliphatic rings. The fourth-order valence-corrected chi connectivity index (χ4v) is 1.70. The molecule has 3 N–H and O–H groups in total. The van der Waals surface area contributed by atoms with Gasteiger partial charge in [-0.1, -0.05) is 13.0 Å². The third-order valence-electron chi connectivity index (χ3n) is 2.76. The molecule has 1 heterocycles. The minimum Gasteiger partial charge on any atom is -0.393 e. The van der Waals surface area contributed by atoms with Crippen molar-refractivity contribution in [2.45, 2.75) is 38.8 Å². The van der Waals surface area contributed by atoms with Gasteiger partial charge in [-0.15, -0.1) is 0 Å². The highest BCUT2D eigenvalue weighted by Crippen LogP contribution is 2.09. The zero-order valence-corrected chi connectivity index (χ0v) is 10.3. The van der Waals surface area contributed by atoms with Crippen molar-refractivity contribution in [1.29, 1.82) is 0 Å². The second-order valence-electron chi connectivity index (χ2n) is 4.53. The summed E-state index contributed by atoms with van der Waals surface area (Å²) in [6.07, 6.45) is 3.38. The standard InChI is InChI=1S/C12H20N2O3/c1-8-7-10(15)5-6-13-11(16)4-3-9(2)14-12(8)17/h3-4,8-10,15H,5-7H2,1-2H3,(H,13,16)(H,14,17)/b4-3+/t8-,9-,10-/m0/s1. The lowest BCUT2D eigenvalue weighted by Crippen LogP contribution is -2.38. The fourth-order valence-electron chi connectivity index (χ4n) is 1.70. The van der Waals surface area contributed by atoms with E-state index < -0.39 is 6.10 Å². The Morgan fingerprint density at radius 3 is 2.76 bits per heavy atom. The van der Waals surface area contributed by atoms with Gasteiger partial charge in [0.1, 0.15) is 0 Å². The number of carbonyl (C=O) groups excluding carboxylic acids is 2. The van der Waals surface area contributed by atoms with E-state index in [1.54, 1.807) is 19.9 Å². The highest BCUT2D eigenvalue weighted by Gasteiger charge is 2.18. The molecule has 0 radical (unpaired) electrons. The molecule has 17 heavy (non-hydrogen) atoms. The maximum absolute atomic E-state index is 11.7. The Bertz CT molecular complexity index is 315. The summed E-state index contributed by atoms with van der Waals surface area (Å²) in [5.41, 5.74) is 0. The monoisotopic (exact) mass is 240 g/mol. The number of hydrogen-bond donors (Lipinski definition) is 3. The Labute approximate surface area is 101 Å². The van der Waals surface area contributed by atoms with Crippen molar-refractivity contribution in [3.63, 3.8) is 0 Å². The number of nitrogens with one attached hydrogen (secondary N) is 2. The second-order valence-corrected chi connectivity index (χ2v) is 4.53. The number of carbonyl (C=O) groups is 2. The molecule has 0 saturated heterocycles. The summed E-state index contributed by atoms with van der Waals surface area (Å²) in [6.45, 7) is 4.02. The van der Waals surface area contributed by atoms with Crippen LogP contribution in [0.25, 0.3) is 0 Å². The minimum atomic E-state index is -0.560. The van der Waals surface area contributed by atoms with Gasteiger partial charge in [0.15, 0.2) is 0 Å². The van der Waals surface area contributed by atoms with Crippen LogP contribution in [0.5, 0.6) is 0 Å². The molecule has 5 nitrogen and oxygen atoms in total. The van der Waals surface area contributed by atoms with E-state index in [0.29, 0.717) is 19.4 Å². The molecule has 0 bridgehead atoms. The highest BCUT2D eigenvalue weighted by molar-refractivity contribution is 5.87. The molecule has 1 rings (SSSR count). The summed E-state index contributed by atoms with van der Waals surface area (Å²) >= 11 is 0. The fraction of sp³-hybridized carbons (Fsp3) is 0.667. The average Bonchev–Trinajstić information content (AvgIpc) is 2.25. The van der Waals surface area contributed by atoms with Gasteiger partial charge in [0, 0.05) is 24.6 Å². The van der Waals surface area contributed by atoms with Gasteiger partial charge in [0.05, 0.1) is 6.10 Å². The zero-order chi connectivity index (χ0) is 12.8. The highest BCUT2D eigenvalue weighted by atomic mass is 16.3. The van der Waals surface area contributed by atoms with Crippen molar-refractivity contribution in [3.8, 4) is 0 Å². The van der Waals surface area contributed by atoms with Crippen LogP contribution in [0, 0.1) is 5.92 Å². The van der Waals surface area contributed by atoms with Crippen LogP contribution in [0.15, 0.2) is 12.2 Å². The summed E-state index contributed by atoms with van der Waals surface area (Å²) in [4.78, 5) is 23.0. The number of aliphatic hydroxyl groups excluding tert-OH is 1. The van der Waals surface area contributed by atoms with E-state index in [-0.39, 0.29) is 23.8 Å². The van der Waals surface area contributed by atoms with Crippen LogP contribution in [0.2, 0.25) is 0 Å². The zero-order valence-electron chi connectivity index (χ0n) is 10.3. The maximum Gasteiger partial charge on any atom is 0.243 e. The lowest BCUT2D eigenvalue weighted by atomic mass is 10.00. The lowest BCUT2D eigenvalue weighted by molar-refractivity contribution is -0.126. The molecule has 3 atom stereocenters. The van der Waals surface area contributed by atoms with E-state index in [4.69, 9.17) is 0 Å². The van der Waals surface area contributed by atoms with Gasteiger partial charge in [-0.2, -0.15) is 0 Å². The molecule has 0 aromatic carbocycles. The molecule has 2 amide bonds. The Kier molecular flexibility index (Phi) is 5.15. The van der Waals surface area contributed by atoms with Crippen LogP contribution in [0.1, 0.15) is 26.7 Å². The summed E-state index contributed by atoms with van der Waals surface area (Å²) in [7, 11) is 0. The van der Waals surface area contributed by atoms with Crippen LogP contribution in [0.4, 0.5) is 0 Å². The maximum atomic E-state index is 11.7. The molecule has 0 fully saturated rings. The normalized spacial score (nSPS) is 33.9.